The molecule has 24 heavy (non-hydrogen) atoms. The Hall–Kier alpha value is -2.94. The molecule has 0 spiro atoms. The van der Waals surface area contributed by atoms with Gasteiger partial charge in [-0.1, -0.05) is 17.4 Å². The maximum Gasteiger partial charge on any atom is 0.324 e. The van der Waals surface area contributed by atoms with Gasteiger partial charge in [0.1, 0.15) is 0 Å². The zero-order valence-electron chi connectivity index (χ0n) is 13.0. The van der Waals surface area contributed by atoms with Crippen LogP contribution in [-0.2, 0) is 11.2 Å². The second-order valence-electron chi connectivity index (χ2n) is 4.59. The topological polar surface area (TPSA) is 103 Å². The van der Waals surface area contributed by atoms with E-state index in [4.69, 9.17) is 9.47 Å². The normalized spacial score (nSPS) is 10.6. The van der Waals surface area contributed by atoms with Crippen LogP contribution in [-0.4, -0.2) is 31.3 Å². The van der Waals surface area contributed by atoms with Gasteiger partial charge in [0.05, 0.1) is 36.7 Å². The number of rotatable bonds is 7. The predicted molar refractivity (Wildman–Crippen MR) is 90.0 cm³/mol. The number of nitro groups is 1. The quantitative estimate of drug-likeness (QED) is 0.469. The lowest BCUT2D eigenvalue weighted by molar-refractivity contribution is -0.380. The lowest BCUT2D eigenvalue weighted by atomic mass is 10.1. The van der Waals surface area contributed by atoms with Gasteiger partial charge in [-0.05, 0) is 23.8 Å². The molecule has 1 aromatic heterocycles. The third kappa shape index (κ3) is 4.53. The van der Waals surface area contributed by atoms with Crippen molar-refractivity contribution in [1.29, 1.82) is 0 Å². The molecule has 1 aromatic carbocycles. The van der Waals surface area contributed by atoms with Crippen LogP contribution in [0, 0.1) is 10.1 Å². The van der Waals surface area contributed by atoms with E-state index in [0.717, 1.165) is 16.9 Å². The fourth-order valence-corrected chi connectivity index (χ4v) is 2.59. The first kappa shape index (κ1) is 17.4. The molecule has 0 aliphatic carbocycles. The Morgan fingerprint density at radius 1 is 1.29 bits per heavy atom. The van der Waals surface area contributed by atoms with Gasteiger partial charge in [0.2, 0.25) is 5.91 Å². The average Bonchev–Trinajstić information content (AvgIpc) is 3.04. The Morgan fingerprint density at radius 2 is 2.04 bits per heavy atom. The van der Waals surface area contributed by atoms with Crippen LogP contribution in [0.2, 0.25) is 0 Å². The molecule has 1 N–H and O–H groups in total. The minimum Gasteiger partial charge on any atom is -0.493 e. The average molecular weight is 349 g/mol. The van der Waals surface area contributed by atoms with E-state index in [1.807, 2.05) is 0 Å². The van der Waals surface area contributed by atoms with Crippen molar-refractivity contribution in [3.05, 3.63) is 50.9 Å². The van der Waals surface area contributed by atoms with Gasteiger partial charge in [-0.15, -0.1) is 0 Å². The minimum absolute atomic E-state index is 0.0214. The van der Waals surface area contributed by atoms with Gasteiger partial charge >= 0.3 is 5.00 Å². The van der Waals surface area contributed by atoms with Crippen LogP contribution in [0.4, 0.5) is 5.00 Å². The van der Waals surface area contributed by atoms with Crippen LogP contribution in [0.1, 0.15) is 10.4 Å². The summed E-state index contributed by atoms with van der Waals surface area (Å²) in [7, 11) is 3.06. The summed E-state index contributed by atoms with van der Waals surface area (Å²) in [6.07, 6.45) is 1.48. The van der Waals surface area contributed by atoms with Crippen molar-refractivity contribution in [2.24, 2.45) is 5.10 Å². The van der Waals surface area contributed by atoms with Crippen LogP contribution in [0.15, 0.2) is 35.4 Å². The van der Waals surface area contributed by atoms with E-state index in [2.05, 4.69) is 10.5 Å². The monoisotopic (exact) mass is 349 g/mol. The zero-order valence-corrected chi connectivity index (χ0v) is 13.8. The van der Waals surface area contributed by atoms with Crippen LogP contribution in [0.5, 0.6) is 11.5 Å². The first-order valence-corrected chi connectivity index (χ1v) is 7.62. The number of amides is 1. The van der Waals surface area contributed by atoms with Crippen LogP contribution in [0.25, 0.3) is 0 Å². The highest BCUT2D eigenvalue weighted by molar-refractivity contribution is 7.16. The van der Waals surface area contributed by atoms with E-state index in [0.29, 0.717) is 16.4 Å². The van der Waals surface area contributed by atoms with E-state index in [1.54, 1.807) is 24.3 Å². The summed E-state index contributed by atoms with van der Waals surface area (Å²) in [5.74, 6) is 0.806. The maximum absolute atomic E-state index is 11.9. The summed E-state index contributed by atoms with van der Waals surface area (Å²) in [5.41, 5.74) is 3.12. The first-order chi connectivity index (χ1) is 11.5. The second-order valence-corrected chi connectivity index (χ2v) is 5.69. The van der Waals surface area contributed by atoms with E-state index >= 15 is 0 Å². The molecule has 0 bridgehead atoms. The number of ether oxygens (including phenoxy) is 2. The van der Waals surface area contributed by atoms with Gasteiger partial charge in [-0.2, -0.15) is 5.10 Å². The highest BCUT2D eigenvalue weighted by Gasteiger charge is 2.09. The second kappa shape index (κ2) is 8.06. The highest BCUT2D eigenvalue weighted by atomic mass is 32.1. The van der Waals surface area contributed by atoms with Crippen LogP contribution >= 0.6 is 11.3 Å². The van der Waals surface area contributed by atoms with E-state index < -0.39 is 4.92 Å². The number of nitrogens with zero attached hydrogens (tertiary/aromatic N) is 2. The lowest BCUT2D eigenvalue weighted by Crippen LogP contribution is -2.19. The molecule has 1 amide bonds. The lowest BCUT2D eigenvalue weighted by Gasteiger charge is -2.09. The summed E-state index contributed by atoms with van der Waals surface area (Å²) in [5, 5.41) is 14.4. The number of benzene rings is 1. The summed E-state index contributed by atoms with van der Waals surface area (Å²) >= 11 is 0.976. The van der Waals surface area contributed by atoms with Gasteiger partial charge in [0, 0.05) is 6.07 Å². The van der Waals surface area contributed by atoms with E-state index in [-0.39, 0.29) is 17.3 Å². The molecule has 8 nitrogen and oxygen atoms in total. The maximum atomic E-state index is 11.9. The largest absolute Gasteiger partial charge is 0.493 e. The van der Waals surface area contributed by atoms with E-state index in [1.165, 1.54) is 26.5 Å². The van der Waals surface area contributed by atoms with Gasteiger partial charge < -0.3 is 9.47 Å². The van der Waals surface area contributed by atoms with Crippen molar-refractivity contribution in [3.63, 3.8) is 0 Å². The summed E-state index contributed by atoms with van der Waals surface area (Å²) in [6, 6.07) is 8.14. The molecule has 2 rings (SSSR count). The third-order valence-corrected chi connectivity index (χ3v) is 3.96. The summed E-state index contributed by atoms with van der Waals surface area (Å²) in [4.78, 5) is 22.6. The van der Waals surface area contributed by atoms with Crippen molar-refractivity contribution in [2.45, 2.75) is 6.42 Å². The molecule has 2 aromatic rings. The molecule has 0 unspecified atom stereocenters. The summed E-state index contributed by atoms with van der Waals surface area (Å²) < 4.78 is 10.3. The molecule has 9 heteroatoms. The number of carbonyl (C=O) groups is 1. The van der Waals surface area contributed by atoms with Crippen LogP contribution < -0.4 is 14.9 Å². The number of hydrazone groups is 1. The number of hydrogen-bond donors (Lipinski definition) is 1. The zero-order chi connectivity index (χ0) is 17.5. The number of methoxy groups -OCH3 is 2. The molecular formula is C15H15N3O5S. The molecule has 1 heterocycles. The third-order valence-electron chi connectivity index (χ3n) is 2.99. The highest BCUT2D eigenvalue weighted by Crippen LogP contribution is 2.27. The predicted octanol–water partition coefficient (Wildman–Crippen LogP) is 2.37. The molecular weight excluding hydrogens is 334 g/mol. The first-order valence-electron chi connectivity index (χ1n) is 6.80. The Bertz CT molecular complexity index is 772. The summed E-state index contributed by atoms with van der Waals surface area (Å²) in [6.45, 7) is 0. The standard InChI is InChI=1S/C15H15N3O5S/c1-22-12-5-3-10(7-13(12)23-2)8-14(19)17-16-9-11-4-6-15(24-11)18(20)21/h3-7,9H,8H2,1-2H3,(H,17,19). The molecule has 0 saturated carbocycles. The molecule has 0 saturated heterocycles. The fourth-order valence-electron chi connectivity index (χ4n) is 1.89. The van der Waals surface area contributed by atoms with Gasteiger partial charge in [0.25, 0.3) is 0 Å². The van der Waals surface area contributed by atoms with Crippen LogP contribution in [0.3, 0.4) is 0 Å². The smallest absolute Gasteiger partial charge is 0.324 e. The van der Waals surface area contributed by atoms with Crippen molar-refractivity contribution in [3.8, 4) is 11.5 Å². The Kier molecular flexibility index (Phi) is 5.85. The van der Waals surface area contributed by atoms with E-state index in [9.17, 15) is 14.9 Å². The Morgan fingerprint density at radius 3 is 2.67 bits per heavy atom. The molecule has 0 aliphatic rings. The van der Waals surface area contributed by atoms with Crippen molar-refractivity contribution >= 4 is 28.5 Å². The fraction of sp³-hybridized carbons (Fsp3) is 0.200. The Balaban J connectivity index is 1.93. The number of carbonyl (C=O) groups excluding carboxylic acids is 1. The van der Waals surface area contributed by atoms with Crippen molar-refractivity contribution in [1.82, 2.24) is 5.43 Å². The molecule has 0 fully saturated rings. The van der Waals surface area contributed by atoms with Gasteiger partial charge in [-0.25, -0.2) is 5.43 Å². The van der Waals surface area contributed by atoms with Gasteiger partial charge in [-0.3, -0.25) is 14.9 Å². The molecule has 126 valence electrons. The number of hydrogen-bond acceptors (Lipinski definition) is 7. The van der Waals surface area contributed by atoms with Gasteiger partial charge in [0.15, 0.2) is 11.5 Å². The number of nitrogens with one attached hydrogen (secondary N) is 1. The SMILES string of the molecule is COc1ccc(CC(=O)NN=Cc2ccc([N+](=O)[O-])s2)cc1OC. The molecule has 0 aliphatic heterocycles. The minimum atomic E-state index is -0.475. The Labute approximate surface area is 141 Å². The van der Waals surface area contributed by atoms with Crippen molar-refractivity contribution in [2.75, 3.05) is 14.2 Å². The number of thiophene rings is 1. The molecule has 0 radical (unpaired) electrons. The van der Waals surface area contributed by atoms with Crippen molar-refractivity contribution < 1.29 is 19.2 Å². The molecule has 0 atom stereocenters.